The summed E-state index contributed by atoms with van der Waals surface area (Å²) in [4.78, 5) is 37.3. The SMILES string of the molecule is C=CCN1C(=O)c2ccc(Nc3ncc(-c4nc(-c5ccncc5)no4)c(N[C@H](CO)c4ccccc4)n3)nc2C1(C)C. The molecule has 0 aliphatic carbocycles. The average Bonchev–Trinajstić information content (AvgIpc) is 3.59. The van der Waals surface area contributed by atoms with Crippen molar-refractivity contribution in [3.05, 3.63) is 103 Å². The van der Waals surface area contributed by atoms with Crippen LogP contribution < -0.4 is 10.6 Å². The van der Waals surface area contributed by atoms with Gasteiger partial charge in [-0.3, -0.25) is 9.78 Å². The molecule has 216 valence electrons. The van der Waals surface area contributed by atoms with Crippen LogP contribution in [0.1, 0.15) is 41.5 Å². The Morgan fingerprint density at radius 3 is 2.58 bits per heavy atom. The molecule has 1 amide bonds. The Morgan fingerprint density at radius 2 is 1.84 bits per heavy atom. The average molecular weight is 576 g/mol. The van der Waals surface area contributed by atoms with Crippen LogP contribution in [0.2, 0.25) is 0 Å². The molecule has 0 saturated carbocycles. The molecule has 3 N–H and O–H groups in total. The Morgan fingerprint density at radius 1 is 1.05 bits per heavy atom. The highest BCUT2D eigenvalue weighted by molar-refractivity contribution is 5.99. The minimum absolute atomic E-state index is 0.0901. The van der Waals surface area contributed by atoms with Crippen LogP contribution >= 0.6 is 0 Å². The summed E-state index contributed by atoms with van der Waals surface area (Å²) in [6.07, 6.45) is 6.56. The number of carbonyl (C=O) groups is 1. The molecule has 5 aromatic rings. The third kappa shape index (κ3) is 5.31. The van der Waals surface area contributed by atoms with Crippen LogP contribution in [0, 0.1) is 0 Å². The van der Waals surface area contributed by atoms with Crippen molar-refractivity contribution < 1.29 is 14.4 Å². The van der Waals surface area contributed by atoms with Gasteiger partial charge >= 0.3 is 0 Å². The molecular formula is C31H29N9O3. The number of anilines is 3. The van der Waals surface area contributed by atoms with Crippen molar-refractivity contribution in [3.8, 4) is 22.8 Å². The highest BCUT2D eigenvalue weighted by Crippen LogP contribution is 2.38. The zero-order chi connectivity index (χ0) is 30.0. The number of nitrogens with one attached hydrogen (secondary N) is 2. The summed E-state index contributed by atoms with van der Waals surface area (Å²) in [5.41, 5.74) is 2.63. The van der Waals surface area contributed by atoms with E-state index in [4.69, 9.17) is 14.5 Å². The first kappa shape index (κ1) is 27.7. The molecule has 1 aliphatic rings. The Kier molecular flexibility index (Phi) is 7.34. The lowest BCUT2D eigenvalue weighted by atomic mass is 9.99. The fourth-order valence-corrected chi connectivity index (χ4v) is 4.99. The second-order valence-corrected chi connectivity index (χ2v) is 10.4. The summed E-state index contributed by atoms with van der Waals surface area (Å²) in [6.45, 7) is 7.90. The van der Waals surface area contributed by atoms with Gasteiger partial charge in [-0.2, -0.15) is 9.97 Å². The van der Waals surface area contributed by atoms with Gasteiger partial charge in [0.25, 0.3) is 11.8 Å². The van der Waals surface area contributed by atoms with Crippen molar-refractivity contribution >= 4 is 23.5 Å². The Labute approximate surface area is 247 Å². The summed E-state index contributed by atoms with van der Waals surface area (Å²) in [5, 5.41) is 20.8. The fourth-order valence-electron chi connectivity index (χ4n) is 4.99. The minimum atomic E-state index is -0.621. The van der Waals surface area contributed by atoms with E-state index in [0.717, 1.165) is 11.1 Å². The molecule has 12 heteroatoms. The number of hydrogen-bond donors (Lipinski definition) is 3. The minimum Gasteiger partial charge on any atom is -0.394 e. The summed E-state index contributed by atoms with van der Waals surface area (Å²) in [5.74, 6) is 1.56. The number of aromatic nitrogens is 6. The molecular weight excluding hydrogens is 546 g/mol. The Hall–Kier alpha value is -5.49. The first-order valence-corrected chi connectivity index (χ1v) is 13.6. The summed E-state index contributed by atoms with van der Waals surface area (Å²) in [6, 6.07) is 16.1. The maximum absolute atomic E-state index is 13.0. The number of amides is 1. The quantitative estimate of drug-likeness (QED) is 0.198. The van der Waals surface area contributed by atoms with Gasteiger partial charge in [-0.25, -0.2) is 9.97 Å². The predicted molar refractivity (Wildman–Crippen MR) is 160 cm³/mol. The van der Waals surface area contributed by atoms with Crippen molar-refractivity contribution in [2.75, 3.05) is 23.8 Å². The van der Waals surface area contributed by atoms with Crippen LogP contribution in [0.25, 0.3) is 22.8 Å². The molecule has 1 aromatic carbocycles. The third-order valence-electron chi connectivity index (χ3n) is 7.26. The molecule has 12 nitrogen and oxygen atoms in total. The van der Waals surface area contributed by atoms with Gasteiger partial charge in [0.2, 0.25) is 11.8 Å². The Bertz CT molecular complexity index is 1770. The van der Waals surface area contributed by atoms with Crippen LogP contribution in [-0.4, -0.2) is 59.1 Å². The van der Waals surface area contributed by atoms with E-state index in [0.29, 0.717) is 40.8 Å². The molecule has 6 rings (SSSR count). The highest BCUT2D eigenvalue weighted by atomic mass is 16.5. The molecule has 0 spiro atoms. The van der Waals surface area contributed by atoms with Gasteiger partial charge in [0.15, 0.2) is 0 Å². The van der Waals surface area contributed by atoms with Crippen LogP contribution in [0.4, 0.5) is 17.6 Å². The van der Waals surface area contributed by atoms with Crippen LogP contribution in [0.5, 0.6) is 0 Å². The van der Waals surface area contributed by atoms with E-state index in [1.165, 1.54) is 0 Å². The molecule has 0 radical (unpaired) electrons. The van der Waals surface area contributed by atoms with E-state index < -0.39 is 11.6 Å². The summed E-state index contributed by atoms with van der Waals surface area (Å²) < 4.78 is 5.60. The number of carbonyl (C=O) groups excluding carboxylic acids is 1. The maximum atomic E-state index is 13.0. The number of aliphatic hydroxyl groups excluding tert-OH is 1. The molecule has 0 fully saturated rings. The molecule has 43 heavy (non-hydrogen) atoms. The molecule has 4 aromatic heterocycles. The molecule has 0 saturated heterocycles. The number of pyridine rings is 2. The van der Waals surface area contributed by atoms with Gasteiger partial charge in [-0.05, 0) is 43.7 Å². The lowest BCUT2D eigenvalue weighted by molar-refractivity contribution is 0.0649. The van der Waals surface area contributed by atoms with Gasteiger partial charge in [0, 0.05) is 30.7 Å². The van der Waals surface area contributed by atoms with Crippen LogP contribution in [0.15, 0.2) is 90.4 Å². The van der Waals surface area contributed by atoms with E-state index in [1.807, 2.05) is 44.2 Å². The van der Waals surface area contributed by atoms with E-state index in [1.54, 1.807) is 53.8 Å². The number of rotatable bonds is 10. The molecule has 5 heterocycles. The van der Waals surface area contributed by atoms with Gasteiger partial charge in [-0.15, -0.1) is 6.58 Å². The van der Waals surface area contributed by atoms with Gasteiger partial charge in [0.1, 0.15) is 17.2 Å². The van der Waals surface area contributed by atoms with Gasteiger partial charge in [-0.1, -0.05) is 41.6 Å². The van der Waals surface area contributed by atoms with Crippen molar-refractivity contribution in [1.29, 1.82) is 0 Å². The second kappa shape index (κ2) is 11.4. The van der Waals surface area contributed by atoms with Gasteiger partial charge in [0.05, 0.1) is 29.4 Å². The predicted octanol–water partition coefficient (Wildman–Crippen LogP) is 4.75. The maximum Gasteiger partial charge on any atom is 0.263 e. The van der Waals surface area contributed by atoms with Crippen molar-refractivity contribution in [2.45, 2.75) is 25.4 Å². The van der Waals surface area contributed by atoms with Crippen molar-refractivity contribution in [1.82, 2.24) is 35.0 Å². The van der Waals surface area contributed by atoms with E-state index >= 15 is 0 Å². The standard InChI is InChI=1S/C31H29N9O3/c1-4-16-40-29(42)21-10-11-24(35-25(21)31(40,2)3)36-30-33-17-22(28-37-26(39-43-28)20-12-14-32-15-13-20)27(38-30)34-23(18-41)19-8-6-5-7-9-19/h4-15,17,23,41H,1,16,18H2,2-3H3,(H2,33,34,35,36,38)/t23-/m1/s1. The van der Waals surface area contributed by atoms with E-state index in [2.05, 4.69) is 37.3 Å². The smallest absolute Gasteiger partial charge is 0.263 e. The lowest BCUT2D eigenvalue weighted by Crippen LogP contribution is -2.39. The second-order valence-electron chi connectivity index (χ2n) is 10.4. The summed E-state index contributed by atoms with van der Waals surface area (Å²) >= 11 is 0. The molecule has 0 unspecified atom stereocenters. The largest absolute Gasteiger partial charge is 0.394 e. The fraction of sp³-hybridized carbons (Fsp3) is 0.194. The topological polar surface area (TPSA) is 155 Å². The van der Waals surface area contributed by atoms with Crippen molar-refractivity contribution in [3.63, 3.8) is 0 Å². The van der Waals surface area contributed by atoms with Crippen molar-refractivity contribution in [2.24, 2.45) is 0 Å². The normalized spacial score (nSPS) is 14.3. The zero-order valence-corrected chi connectivity index (χ0v) is 23.6. The Balaban J connectivity index is 1.35. The number of nitrogens with zero attached hydrogens (tertiary/aromatic N) is 7. The number of aliphatic hydroxyl groups is 1. The van der Waals surface area contributed by atoms with E-state index in [-0.39, 0.29) is 24.4 Å². The van der Waals surface area contributed by atoms with Crippen LogP contribution in [0.3, 0.4) is 0 Å². The number of fused-ring (bicyclic) bond motifs is 1. The lowest BCUT2D eigenvalue weighted by Gasteiger charge is -2.30. The number of hydrogen-bond acceptors (Lipinski definition) is 11. The first-order valence-electron chi connectivity index (χ1n) is 13.6. The highest BCUT2D eigenvalue weighted by Gasteiger charge is 2.43. The third-order valence-corrected chi connectivity index (χ3v) is 7.26. The molecule has 1 aliphatic heterocycles. The van der Waals surface area contributed by atoms with Crippen LogP contribution in [-0.2, 0) is 5.54 Å². The molecule has 0 bridgehead atoms. The molecule has 1 atom stereocenters. The first-order chi connectivity index (χ1) is 20.9. The monoisotopic (exact) mass is 575 g/mol. The van der Waals surface area contributed by atoms with Gasteiger partial charge < -0.3 is 25.2 Å². The number of benzene rings is 1. The van der Waals surface area contributed by atoms with E-state index in [9.17, 15) is 9.90 Å². The zero-order valence-electron chi connectivity index (χ0n) is 23.6. The summed E-state index contributed by atoms with van der Waals surface area (Å²) in [7, 11) is 0.